The summed E-state index contributed by atoms with van der Waals surface area (Å²) in [6.07, 6.45) is 13.9. The number of rotatable bonds is 11. The highest BCUT2D eigenvalue weighted by Crippen LogP contribution is 2.41. The summed E-state index contributed by atoms with van der Waals surface area (Å²) >= 11 is 0. The number of benzene rings is 2. The van der Waals surface area contributed by atoms with Crippen molar-refractivity contribution < 1.29 is 23.9 Å². The van der Waals surface area contributed by atoms with Gasteiger partial charge in [-0.1, -0.05) is 0 Å². The van der Waals surface area contributed by atoms with Gasteiger partial charge in [0, 0.05) is 138 Å². The standard InChI is InChI=1S/C27H38N4O3.C23H33N3O2/c1-29(12-13-30(2)27(33)28-21-6-7-21)26(32)20-5-9-25-23(17-20)22-16-19(4-8-24(22)31(25)3)18-10-14-34-15-11-18;1-24-10-11-25(2)23(27)18-5-7-22-20(15-18)19-14-17(4-6-21(19)26(22)3)16-8-12-28-13-9-16/h5,9,17-19,21H,4,6-8,10-16H2,1-3H3,(H,28,33);5,7,15-17,24H,4,6,8-14H2,1-3H3. The highest BCUT2D eigenvalue weighted by atomic mass is 16.5. The maximum Gasteiger partial charge on any atom is 0.317 e. The average molecular weight is 850 g/mol. The fraction of sp³-hybridized carbons (Fsp3) is 0.620. The van der Waals surface area contributed by atoms with Crippen molar-refractivity contribution in [1.82, 2.24) is 34.5 Å². The monoisotopic (exact) mass is 850 g/mol. The number of carbonyl (C=O) groups excluding carboxylic acids is 3. The molecule has 62 heavy (non-hydrogen) atoms. The maximum absolute atomic E-state index is 13.2. The molecule has 2 atom stereocenters. The molecule has 2 aromatic carbocycles. The van der Waals surface area contributed by atoms with Gasteiger partial charge in [-0.25, -0.2) is 4.79 Å². The topological polar surface area (TPSA) is 113 Å². The van der Waals surface area contributed by atoms with Crippen LogP contribution in [0.15, 0.2) is 36.4 Å². The number of nitrogens with one attached hydrogen (secondary N) is 2. The summed E-state index contributed by atoms with van der Waals surface area (Å²) in [6, 6.07) is 12.7. The molecule has 2 unspecified atom stereocenters. The fourth-order valence-electron chi connectivity index (χ4n) is 10.9. The van der Waals surface area contributed by atoms with Crippen LogP contribution in [0.2, 0.25) is 0 Å². The number of amides is 4. The van der Waals surface area contributed by atoms with Crippen molar-refractivity contribution in [3.05, 3.63) is 70.0 Å². The van der Waals surface area contributed by atoms with Gasteiger partial charge in [-0.05, 0) is 155 Å². The number of nitrogens with zero attached hydrogens (tertiary/aromatic N) is 5. The first kappa shape index (κ1) is 44.2. The minimum absolute atomic E-state index is 0.00675. The summed E-state index contributed by atoms with van der Waals surface area (Å²) in [7, 11) is 11.7. The predicted molar refractivity (Wildman–Crippen MR) is 246 cm³/mol. The van der Waals surface area contributed by atoms with Crippen molar-refractivity contribution in [1.29, 1.82) is 0 Å². The molecule has 2 saturated heterocycles. The number of ether oxygens (including phenoxy) is 2. The predicted octanol–water partition coefficient (Wildman–Crippen LogP) is 6.59. The Morgan fingerprint density at radius 2 is 1.06 bits per heavy atom. The summed E-state index contributed by atoms with van der Waals surface area (Å²) in [5, 5.41) is 8.61. The number of likely N-dealkylation sites (N-methyl/N-ethyl adjacent to an activating group) is 4. The van der Waals surface area contributed by atoms with E-state index in [1.54, 1.807) is 21.7 Å². The lowest BCUT2D eigenvalue weighted by Crippen LogP contribution is -2.42. The van der Waals surface area contributed by atoms with E-state index in [-0.39, 0.29) is 17.8 Å². The van der Waals surface area contributed by atoms with Crippen molar-refractivity contribution in [2.24, 2.45) is 37.8 Å². The molecule has 1 saturated carbocycles. The van der Waals surface area contributed by atoms with Crippen molar-refractivity contribution in [2.75, 3.05) is 80.8 Å². The zero-order valence-electron chi connectivity index (χ0n) is 38.3. The van der Waals surface area contributed by atoms with E-state index in [0.717, 1.165) is 100 Å². The molecule has 2 aromatic heterocycles. The first-order valence-corrected chi connectivity index (χ1v) is 23.5. The van der Waals surface area contributed by atoms with Crippen molar-refractivity contribution in [3.63, 3.8) is 0 Å². The maximum atomic E-state index is 13.2. The number of hydrogen-bond acceptors (Lipinski definition) is 6. The van der Waals surface area contributed by atoms with Crippen molar-refractivity contribution >= 4 is 39.7 Å². The lowest BCUT2D eigenvalue weighted by molar-refractivity contribution is 0.0438. The van der Waals surface area contributed by atoms with Gasteiger partial charge in [-0.3, -0.25) is 9.59 Å². The molecule has 0 radical (unpaired) electrons. The van der Waals surface area contributed by atoms with Crippen LogP contribution in [-0.4, -0.2) is 129 Å². The third-order valence-electron chi connectivity index (χ3n) is 15.1. The van der Waals surface area contributed by atoms with Gasteiger partial charge in [0.25, 0.3) is 11.8 Å². The van der Waals surface area contributed by atoms with E-state index in [1.165, 1.54) is 82.8 Å². The molecule has 5 aliphatic rings. The lowest BCUT2D eigenvalue weighted by atomic mass is 9.75. The molecule has 0 bridgehead atoms. The molecule has 4 aromatic rings. The van der Waals surface area contributed by atoms with Crippen LogP contribution in [0.25, 0.3) is 21.8 Å². The molecule has 4 amide bonds. The van der Waals surface area contributed by atoms with Gasteiger partial charge >= 0.3 is 6.03 Å². The SMILES string of the molecule is CN(CCN(C)C(=O)c1ccc2c(c1)c1c(n2C)CCC(C2CCOCC2)C1)C(=O)NC1CC1.CNCCN(C)C(=O)c1ccc2c(c1)c1c(n2C)CCC(C2CCOCC2)C1. The zero-order chi connectivity index (χ0) is 43.5. The van der Waals surface area contributed by atoms with E-state index >= 15 is 0 Å². The minimum Gasteiger partial charge on any atom is -0.381 e. The normalized spacial score (nSPS) is 20.5. The molecule has 12 heteroatoms. The van der Waals surface area contributed by atoms with Crippen LogP contribution < -0.4 is 10.6 Å². The first-order valence-electron chi connectivity index (χ1n) is 23.5. The van der Waals surface area contributed by atoms with Crippen molar-refractivity contribution in [3.8, 4) is 0 Å². The van der Waals surface area contributed by atoms with Gasteiger partial charge in [0.15, 0.2) is 0 Å². The van der Waals surface area contributed by atoms with Crippen LogP contribution in [0.3, 0.4) is 0 Å². The van der Waals surface area contributed by atoms with Crippen LogP contribution in [-0.2, 0) is 49.3 Å². The van der Waals surface area contributed by atoms with E-state index in [0.29, 0.717) is 31.6 Å². The second-order valence-electron chi connectivity index (χ2n) is 19.0. The Hall–Kier alpha value is -4.39. The highest BCUT2D eigenvalue weighted by molar-refractivity contribution is 6.00. The van der Waals surface area contributed by atoms with Gasteiger partial charge < -0.3 is 43.9 Å². The molecule has 2 N–H and O–H groups in total. The molecule has 3 fully saturated rings. The second kappa shape index (κ2) is 19.6. The fourth-order valence-corrected chi connectivity index (χ4v) is 10.9. The van der Waals surface area contributed by atoms with Gasteiger partial charge in [-0.15, -0.1) is 0 Å². The van der Waals surface area contributed by atoms with Crippen LogP contribution in [0.4, 0.5) is 4.79 Å². The summed E-state index contributed by atoms with van der Waals surface area (Å²) in [4.78, 5) is 43.5. The summed E-state index contributed by atoms with van der Waals surface area (Å²) in [5.74, 6) is 3.11. The van der Waals surface area contributed by atoms with E-state index < -0.39 is 0 Å². The van der Waals surface area contributed by atoms with Crippen LogP contribution in [0.5, 0.6) is 0 Å². The van der Waals surface area contributed by atoms with Gasteiger partial charge in [0.05, 0.1) is 0 Å². The van der Waals surface area contributed by atoms with Gasteiger partial charge in [-0.2, -0.15) is 0 Å². The van der Waals surface area contributed by atoms with Crippen molar-refractivity contribution in [2.45, 2.75) is 83.1 Å². The molecule has 9 rings (SSSR count). The number of aryl methyl sites for hydroxylation is 2. The quantitative estimate of drug-likeness (QED) is 0.176. The van der Waals surface area contributed by atoms with Gasteiger partial charge in [0.1, 0.15) is 0 Å². The average Bonchev–Trinajstić information content (AvgIpc) is 4.04. The molecule has 0 spiro atoms. The Bertz CT molecular complexity index is 2230. The van der Waals surface area contributed by atoms with Crippen LogP contribution in [0, 0.1) is 23.7 Å². The Kier molecular flexibility index (Phi) is 14.0. The Morgan fingerprint density at radius 3 is 1.52 bits per heavy atom. The first-order chi connectivity index (χ1) is 30.0. The van der Waals surface area contributed by atoms with E-state index in [2.05, 4.69) is 58.1 Å². The number of aromatic nitrogens is 2. The smallest absolute Gasteiger partial charge is 0.317 e. The Labute approximate surface area is 368 Å². The Balaban J connectivity index is 0.000000174. The molecule has 4 heterocycles. The second-order valence-corrected chi connectivity index (χ2v) is 19.0. The van der Waals surface area contributed by atoms with Crippen LogP contribution in [0.1, 0.15) is 94.6 Å². The largest absolute Gasteiger partial charge is 0.381 e. The molecule has 12 nitrogen and oxygen atoms in total. The highest BCUT2D eigenvalue weighted by Gasteiger charge is 2.33. The number of hydrogen-bond donors (Lipinski definition) is 2. The summed E-state index contributed by atoms with van der Waals surface area (Å²) in [6.45, 7) is 6.16. The summed E-state index contributed by atoms with van der Waals surface area (Å²) in [5.41, 5.74) is 9.81. The van der Waals surface area contributed by atoms with E-state index in [1.807, 2.05) is 33.3 Å². The van der Waals surface area contributed by atoms with Gasteiger partial charge in [0.2, 0.25) is 0 Å². The Morgan fingerprint density at radius 1 is 0.613 bits per heavy atom. The molecular weight excluding hydrogens is 779 g/mol. The molecular formula is C50H71N7O5. The third-order valence-corrected chi connectivity index (χ3v) is 15.1. The van der Waals surface area contributed by atoms with Crippen LogP contribution >= 0.6 is 0 Å². The number of urea groups is 1. The summed E-state index contributed by atoms with van der Waals surface area (Å²) < 4.78 is 15.9. The number of fused-ring (bicyclic) bond motifs is 6. The minimum atomic E-state index is -0.0558. The molecule has 336 valence electrons. The third kappa shape index (κ3) is 9.57. The molecule has 2 aliphatic heterocycles. The van der Waals surface area contributed by atoms with E-state index in [9.17, 15) is 14.4 Å². The van der Waals surface area contributed by atoms with E-state index in [4.69, 9.17) is 9.47 Å². The molecule has 3 aliphatic carbocycles. The lowest BCUT2D eigenvalue weighted by Gasteiger charge is -2.33. The zero-order valence-corrected chi connectivity index (χ0v) is 38.3. The number of carbonyl (C=O) groups is 3.